The molecule has 0 spiro atoms. The summed E-state index contributed by atoms with van der Waals surface area (Å²) in [5.41, 5.74) is 0. The smallest absolute Gasteiger partial charge is 0.185 e. The van der Waals surface area contributed by atoms with Gasteiger partial charge in [0.15, 0.2) is 5.13 Å². The van der Waals surface area contributed by atoms with Crippen molar-refractivity contribution in [3.8, 4) is 0 Å². The van der Waals surface area contributed by atoms with Crippen molar-refractivity contribution >= 4 is 16.5 Å². The van der Waals surface area contributed by atoms with Crippen LogP contribution in [0, 0.1) is 5.92 Å². The molecule has 2 rings (SSSR count). The van der Waals surface area contributed by atoms with Crippen molar-refractivity contribution in [2.24, 2.45) is 5.92 Å². The van der Waals surface area contributed by atoms with Gasteiger partial charge in [0, 0.05) is 24.2 Å². The van der Waals surface area contributed by atoms with Crippen LogP contribution in [-0.2, 0) is 13.1 Å². The normalized spacial score (nSPS) is 11.2. The van der Waals surface area contributed by atoms with E-state index in [1.165, 1.54) is 4.88 Å². The average Bonchev–Trinajstić information content (AvgIpc) is 3.06. The Morgan fingerprint density at radius 1 is 1.45 bits per heavy atom. The molecule has 0 saturated heterocycles. The summed E-state index contributed by atoms with van der Waals surface area (Å²) < 4.78 is 5.41. The van der Waals surface area contributed by atoms with E-state index in [4.69, 9.17) is 4.42 Å². The molecule has 0 fully saturated rings. The molecule has 2 aromatic rings. The highest BCUT2D eigenvalue weighted by atomic mass is 32.1. The zero-order chi connectivity index (χ0) is 14.4. The second-order valence-electron chi connectivity index (χ2n) is 5.23. The fourth-order valence-corrected chi connectivity index (χ4v) is 2.86. The van der Waals surface area contributed by atoms with Crippen molar-refractivity contribution in [3.63, 3.8) is 0 Å². The van der Waals surface area contributed by atoms with Gasteiger partial charge in [-0.05, 0) is 31.5 Å². The highest BCUT2D eigenvalue weighted by Crippen LogP contribution is 2.24. The number of aromatic nitrogens is 1. The minimum Gasteiger partial charge on any atom is -0.467 e. The molecule has 20 heavy (non-hydrogen) atoms. The molecule has 0 aliphatic rings. The summed E-state index contributed by atoms with van der Waals surface area (Å²) in [4.78, 5) is 8.04. The molecule has 4 nitrogen and oxygen atoms in total. The summed E-state index contributed by atoms with van der Waals surface area (Å²) in [5, 5.41) is 4.51. The van der Waals surface area contributed by atoms with Gasteiger partial charge in [-0.3, -0.25) is 0 Å². The van der Waals surface area contributed by atoms with Crippen LogP contribution in [0.1, 0.15) is 31.4 Å². The van der Waals surface area contributed by atoms with Gasteiger partial charge in [0.2, 0.25) is 0 Å². The molecule has 0 aliphatic heterocycles. The molecule has 0 saturated carbocycles. The molecule has 0 aliphatic carbocycles. The molecule has 0 aromatic carbocycles. The summed E-state index contributed by atoms with van der Waals surface area (Å²) in [5.74, 6) is 1.65. The lowest BCUT2D eigenvalue weighted by Gasteiger charge is -2.17. The SMILES string of the molecule is CCN(Cc1ccco1)c1ncc(CNCC(C)C)s1. The Morgan fingerprint density at radius 2 is 2.30 bits per heavy atom. The number of furan rings is 1. The summed E-state index contributed by atoms with van der Waals surface area (Å²) in [6, 6.07) is 3.92. The first-order chi connectivity index (χ1) is 9.69. The Balaban J connectivity index is 1.92. The zero-order valence-electron chi connectivity index (χ0n) is 12.4. The van der Waals surface area contributed by atoms with Gasteiger partial charge < -0.3 is 14.6 Å². The van der Waals surface area contributed by atoms with Crippen molar-refractivity contribution in [2.75, 3.05) is 18.0 Å². The monoisotopic (exact) mass is 293 g/mol. The minimum absolute atomic E-state index is 0.675. The summed E-state index contributed by atoms with van der Waals surface area (Å²) in [6.45, 7) is 10.2. The molecule has 0 radical (unpaired) electrons. The van der Waals surface area contributed by atoms with E-state index in [1.807, 2.05) is 18.3 Å². The molecule has 110 valence electrons. The third-order valence-corrected chi connectivity index (χ3v) is 4.03. The maximum Gasteiger partial charge on any atom is 0.185 e. The zero-order valence-corrected chi connectivity index (χ0v) is 13.2. The van der Waals surface area contributed by atoms with Gasteiger partial charge in [0.25, 0.3) is 0 Å². The minimum atomic E-state index is 0.675. The van der Waals surface area contributed by atoms with Crippen molar-refractivity contribution in [1.82, 2.24) is 10.3 Å². The van der Waals surface area contributed by atoms with Gasteiger partial charge in [0.1, 0.15) is 5.76 Å². The molecule has 0 unspecified atom stereocenters. The maximum atomic E-state index is 5.41. The number of thiazole rings is 1. The Bertz CT molecular complexity index is 493. The number of nitrogens with one attached hydrogen (secondary N) is 1. The molecular formula is C15H23N3OS. The lowest BCUT2D eigenvalue weighted by molar-refractivity contribution is 0.503. The molecule has 0 atom stereocenters. The Hall–Kier alpha value is -1.33. The van der Waals surface area contributed by atoms with Crippen molar-refractivity contribution in [3.05, 3.63) is 35.2 Å². The van der Waals surface area contributed by atoms with E-state index in [1.54, 1.807) is 17.6 Å². The number of hydrogen-bond acceptors (Lipinski definition) is 5. The fourth-order valence-electron chi connectivity index (χ4n) is 1.91. The topological polar surface area (TPSA) is 41.3 Å². The Kier molecular flexibility index (Phi) is 5.61. The predicted molar refractivity (Wildman–Crippen MR) is 84.1 cm³/mol. The summed E-state index contributed by atoms with van der Waals surface area (Å²) >= 11 is 1.75. The van der Waals surface area contributed by atoms with E-state index in [2.05, 4.69) is 36.0 Å². The van der Waals surface area contributed by atoms with E-state index in [0.29, 0.717) is 5.92 Å². The third kappa shape index (κ3) is 4.35. The first-order valence-corrected chi connectivity index (χ1v) is 7.93. The van der Waals surface area contributed by atoms with Gasteiger partial charge in [-0.1, -0.05) is 13.8 Å². The second kappa shape index (κ2) is 7.45. The van der Waals surface area contributed by atoms with Crippen LogP contribution >= 0.6 is 11.3 Å². The fraction of sp³-hybridized carbons (Fsp3) is 0.533. The molecule has 2 heterocycles. The van der Waals surface area contributed by atoms with Gasteiger partial charge in [-0.25, -0.2) is 4.98 Å². The van der Waals surface area contributed by atoms with Crippen LogP contribution < -0.4 is 10.2 Å². The van der Waals surface area contributed by atoms with Crippen molar-refractivity contribution < 1.29 is 4.42 Å². The van der Waals surface area contributed by atoms with Crippen LogP contribution in [0.4, 0.5) is 5.13 Å². The van der Waals surface area contributed by atoms with E-state index < -0.39 is 0 Å². The van der Waals surface area contributed by atoms with Crippen LogP contribution in [0.2, 0.25) is 0 Å². The van der Waals surface area contributed by atoms with E-state index in [-0.39, 0.29) is 0 Å². The molecule has 0 bridgehead atoms. The molecule has 5 heteroatoms. The van der Waals surface area contributed by atoms with E-state index in [0.717, 1.165) is 37.1 Å². The van der Waals surface area contributed by atoms with E-state index >= 15 is 0 Å². The van der Waals surface area contributed by atoms with Gasteiger partial charge in [0.05, 0.1) is 12.8 Å². The number of nitrogens with zero attached hydrogens (tertiary/aromatic N) is 2. The molecular weight excluding hydrogens is 270 g/mol. The first-order valence-electron chi connectivity index (χ1n) is 7.11. The number of hydrogen-bond donors (Lipinski definition) is 1. The van der Waals surface area contributed by atoms with Gasteiger partial charge >= 0.3 is 0 Å². The van der Waals surface area contributed by atoms with Crippen LogP contribution in [0.15, 0.2) is 29.0 Å². The van der Waals surface area contributed by atoms with Gasteiger partial charge in [-0.15, -0.1) is 11.3 Å². The predicted octanol–water partition coefficient (Wildman–Crippen LogP) is 3.51. The summed E-state index contributed by atoms with van der Waals surface area (Å²) in [6.07, 6.45) is 3.68. The highest BCUT2D eigenvalue weighted by molar-refractivity contribution is 7.15. The molecule has 2 aromatic heterocycles. The van der Waals surface area contributed by atoms with Crippen molar-refractivity contribution in [2.45, 2.75) is 33.9 Å². The lowest BCUT2D eigenvalue weighted by Crippen LogP contribution is -2.21. The van der Waals surface area contributed by atoms with Crippen molar-refractivity contribution in [1.29, 1.82) is 0 Å². The van der Waals surface area contributed by atoms with Crippen LogP contribution in [0.3, 0.4) is 0 Å². The number of rotatable bonds is 8. The molecule has 0 amide bonds. The maximum absolute atomic E-state index is 5.41. The average molecular weight is 293 g/mol. The third-order valence-electron chi connectivity index (χ3n) is 2.97. The summed E-state index contributed by atoms with van der Waals surface area (Å²) in [7, 11) is 0. The van der Waals surface area contributed by atoms with Crippen LogP contribution in [0.5, 0.6) is 0 Å². The lowest BCUT2D eigenvalue weighted by atomic mass is 10.2. The first kappa shape index (κ1) is 15.1. The quantitative estimate of drug-likeness (QED) is 0.808. The Morgan fingerprint density at radius 3 is 2.95 bits per heavy atom. The number of anilines is 1. The van der Waals surface area contributed by atoms with Crippen LogP contribution in [0.25, 0.3) is 0 Å². The standard InChI is InChI=1S/C15H23N3OS/c1-4-18(11-13-6-5-7-19-13)15-17-10-14(20-15)9-16-8-12(2)3/h5-7,10,12,16H,4,8-9,11H2,1-3H3. The molecule has 1 N–H and O–H groups in total. The van der Waals surface area contributed by atoms with Gasteiger partial charge in [-0.2, -0.15) is 0 Å². The van der Waals surface area contributed by atoms with E-state index in [9.17, 15) is 0 Å². The highest BCUT2D eigenvalue weighted by Gasteiger charge is 2.11. The van der Waals surface area contributed by atoms with Crippen LogP contribution in [-0.4, -0.2) is 18.1 Å². The Labute approximate surface area is 124 Å². The largest absolute Gasteiger partial charge is 0.467 e. The second-order valence-corrected chi connectivity index (χ2v) is 6.32.